The van der Waals surface area contributed by atoms with Crippen molar-refractivity contribution in [3.8, 4) is 0 Å². The molecule has 0 aliphatic carbocycles. The number of Topliss-reactive ketones (excluding diaryl/α,β-unsaturated/α-hetero) is 1. The van der Waals surface area contributed by atoms with Gasteiger partial charge in [0.05, 0.1) is 6.61 Å². The molecule has 3 heteroatoms. The largest absolute Gasteiger partial charge is 0.381 e. The molecule has 74 valence electrons. The topological polar surface area (TPSA) is 38.3 Å². The van der Waals surface area contributed by atoms with Gasteiger partial charge in [0.25, 0.3) is 0 Å². The van der Waals surface area contributed by atoms with E-state index in [2.05, 4.69) is 12.2 Å². The molecule has 2 aliphatic heterocycles. The second-order valence-corrected chi connectivity index (χ2v) is 4.17. The number of ether oxygens (including phenoxy) is 1. The molecule has 2 saturated heterocycles. The monoisotopic (exact) mass is 183 g/mol. The minimum atomic E-state index is 0.190. The number of ketones is 1. The quantitative estimate of drug-likeness (QED) is 0.690. The number of carbonyl (C=O) groups excluding carboxylic acids is 1. The number of hydrogen-bond acceptors (Lipinski definition) is 3. The summed E-state index contributed by atoms with van der Waals surface area (Å²) >= 11 is 0. The maximum absolute atomic E-state index is 11.9. The second-order valence-electron chi connectivity index (χ2n) is 4.17. The van der Waals surface area contributed by atoms with Gasteiger partial charge in [0, 0.05) is 18.4 Å². The fourth-order valence-corrected chi connectivity index (χ4v) is 2.03. The Balaban J connectivity index is 1.87. The first kappa shape index (κ1) is 9.16. The van der Waals surface area contributed by atoms with E-state index in [1.54, 1.807) is 0 Å². The molecule has 2 heterocycles. The minimum Gasteiger partial charge on any atom is -0.381 e. The first-order valence-electron chi connectivity index (χ1n) is 5.11. The van der Waals surface area contributed by atoms with Crippen molar-refractivity contribution < 1.29 is 9.53 Å². The molecule has 0 bridgehead atoms. The van der Waals surface area contributed by atoms with E-state index < -0.39 is 0 Å². The molecule has 1 N–H and O–H groups in total. The lowest BCUT2D eigenvalue weighted by molar-refractivity contribution is -0.128. The lowest BCUT2D eigenvalue weighted by atomic mass is 9.81. The van der Waals surface area contributed by atoms with Crippen molar-refractivity contribution in [1.29, 1.82) is 0 Å². The predicted octanol–water partition coefficient (Wildman–Crippen LogP) is 0.447. The summed E-state index contributed by atoms with van der Waals surface area (Å²) in [6, 6.07) is 0. The third kappa shape index (κ3) is 1.76. The van der Waals surface area contributed by atoms with Gasteiger partial charge in [-0.3, -0.25) is 4.79 Å². The van der Waals surface area contributed by atoms with Gasteiger partial charge in [-0.2, -0.15) is 0 Å². The lowest BCUT2D eigenvalue weighted by Crippen LogP contribution is -2.48. The van der Waals surface area contributed by atoms with Crippen LogP contribution in [0.4, 0.5) is 0 Å². The van der Waals surface area contributed by atoms with Crippen LogP contribution in [0.15, 0.2) is 0 Å². The molecular weight excluding hydrogens is 166 g/mol. The SMILES string of the molecule is CC(C(=O)C1CCOC1)C1CNC1. The number of carbonyl (C=O) groups is 1. The van der Waals surface area contributed by atoms with Crippen LogP contribution in [0, 0.1) is 17.8 Å². The van der Waals surface area contributed by atoms with Crippen LogP contribution in [0.5, 0.6) is 0 Å². The molecule has 0 aromatic rings. The van der Waals surface area contributed by atoms with Crippen molar-refractivity contribution >= 4 is 5.78 Å². The number of hydrogen-bond donors (Lipinski definition) is 1. The molecule has 2 fully saturated rings. The molecular formula is C10H17NO2. The average Bonchev–Trinajstić information content (AvgIpc) is 2.51. The third-order valence-corrected chi connectivity index (χ3v) is 3.30. The van der Waals surface area contributed by atoms with Crippen molar-refractivity contribution in [1.82, 2.24) is 5.32 Å². The van der Waals surface area contributed by atoms with Crippen LogP contribution in [0.1, 0.15) is 13.3 Å². The Kier molecular flexibility index (Phi) is 2.65. The van der Waals surface area contributed by atoms with Crippen LogP contribution in [-0.4, -0.2) is 32.1 Å². The molecule has 2 aliphatic rings. The maximum atomic E-state index is 11.9. The van der Waals surface area contributed by atoms with E-state index in [4.69, 9.17) is 4.74 Å². The first-order chi connectivity index (χ1) is 6.29. The standard InChI is InChI=1S/C10H17NO2/c1-7(9-4-11-5-9)10(12)8-2-3-13-6-8/h7-9,11H,2-6H2,1H3. The molecule has 2 rings (SSSR count). The molecule has 13 heavy (non-hydrogen) atoms. The van der Waals surface area contributed by atoms with Gasteiger partial charge in [0.1, 0.15) is 5.78 Å². The zero-order chi connectivity index (χ0) is 9.26. The molecule has 0 aromatic heterocycles. The van der Waals surface area contributed by atoms with Gasteiger partial charge in [0.2, 0.25) is 0 Å². The smallest absolute Gasteiger partial charge is 0.141 e. The number of nitrogens with one attached hydrogen (secondary N) is 1. The van der Waals surface area contributed by atoms with E-state index in [9.17, 15) is 4.79 Å². The fraction of sp³-hybridized carbons (Fsp3) is 0.900. The van der Waals surface area contributed by atoms with Crippen LogP contribution >= 0.6 is 0 Å². The van der Waals surface area contributed by atoms with E-state index >= 15 is 0 Å². The van der Waals surface area contributed by atoms with E-state index in [0.717, 1.165) is 26.1 Å². The Labute approximate surface area is 78.8 Å². The van der Waals surface area contributed by atoms with Gasteiger partial charge in [-0.25, -0.2) is 0 Å². The summed E-state index contributed by atoms with van der Waals surface area (Å²) < 4.78 is 5.22. The van der Waals surface area contributed by atoms with Gasteiger partial charge in [0.15, 0.2) is 0 Å². The van der Waals surface area contributed by atoms with Crippen molar-refractivity contribution in [3.05, 3.63) is 0 Å². The Bertz CT molecular complexity index is 195. The molecule has 0 saturated carbocycles. The van der Waals surface area contributed by atoms with Crippen LogP contribution in [0.25, 0.3) is 0 Å². The van der Waals surface area contributed by atoms with Crippen molar-refractivity contribution in [2.45, 2.75) is 13.3 Å². The van der Waals surface area contributed by atoms with Gasteiger partial charge in [-0.15, -0.1) is 0 Å². The zero-order valence-electron chi connectivity index (χ0n) is 8.08. The lowest BCUT2D eigenvalue weighted by Gasteiger charge is -2.32. The van der Waals surface area contributed by atoms with Crippen molar-refractivity contribution in [2.24, 2.45) is 17.8 Å². The maximum Gasteiger partial charge on any atom is 0.141 e. The van der Waals surface area contributed by atoms with Crippen LogP contribution in [0.3, 0.4) is 0 Å². The third-order valence-electron chi connectivity index (χ3n) is 3.30. The second kappa shape index (κ2) is 3.76. The van der Waals surface area contributed by atoms with Gasteiger partial charge < -0.3 is 10.1 Å². The van der Waals surface area contributed by atoms with Crippen LogP contribution in [0.2, 0.25) is 0 Å². The van der Waals surface area contributed by atoms with Crippen LogP contribution < -0.4 is 5.32 Å². The first-order valence-corrected chi connectivity index (χ1v) is 5.11. The zero-order valence-corrected chi connectivity index (χ0v) is 8.08. The Morgan fingerprint density at radius 1 is 1.54 bits per heavy atom. The summed E-state index contributed by atoms with van der Waals surface area (Å²) in [4.78, 5) is 11.9. The highest BCUT2D eigenvalue weighted by atomic mass is 16.5. The van der Waals surface area contributed by atoms with E-state index in [1.807, 2.05) is 0 Å². The normalized spacial score (nSPS) is 31.3. The molecule has 2 unspecified atom stereocenters. The predicted molar refractivity (Wildman–Crippen MR) is 49.5 cm³/mol. The minimum absolute atomic E-state index is 0.190. The van der Waals surface area contributed by atoms with Gasteiger partial charge >= 0.3 is 0 Å². The Morgan fingerprint density at radius 2 is 2.31 bits per heavy atom. The Hall–Kier alpha value is -0.410. The highest BCUT2D eigenvalue weighted by Gasteiger charge is 2.34. The molecule has 0 aromatic carbocycles. The Morgan fingerprint density at radius 3 is 2.77 bits per heavy atom. The van der Waals surface area contributed by atoms with Crippen molar-refractivity contribution in [2.75, 3.05) is 26.3 Å². The van der Waals surface area contributed by atoms with E-state index in [1.165, 1.54) is 0 Å². The molecule has 2 atom stereocenters. The molecule has 0 spiro atoms. The molecule has 0 amide bonds. The summed E-state index contributed by atoms with van der Waals surface area (Å²) in [5, 5.41) is 3.20. The van der Waals surface area contributed by atoms with Gasteiger partial charge in [-0.1, -0.05) is 6.92 Å². The number of rotatable bonds is 3. The highest BCUT2D eigenvalue weighted by molar-refractivity contribution is 5.83. The average molecular weight is 183 g/mol. The van der Waals surface area contributed by atoms with Crippen molar-refractivity contribution in [3.63, 3.8) is 0 Å². The summed E-state index contributed by atoms with van der Waals surface area (Å²) in [6.45, 7) is 5.52. The van der Waals surface area contributed by atoms with Gasteiger partial charge in [-0.05, 0) is 25.4 Å². The summed E-state index contributed by atoms with van der Waals surface area (Å²) in [5.74, 6) is 1.42. The molecule has 0 radical (unpaired) electrons. The van der Waals surface area contributed by atoms with E-state index in [-0.39, 0.29) is 11.8 Å². The summed E-state index contributed by atoms with van der Waals surface area (Å²) in [6.07, 6.45) is 0.934. The fourth-order valence-electron chi connectivity index (χ4n) is 2.03. The van der Waals surface area contributed by atoms with Crippen LogP contribution in [-0.2, 0) is 9.53 Å². The summed E-state index contributed by atoms with van der Waals surface area (Å²) in [5.41, 5.74) is 0. The molecule has 3 nitrogen and oxygen atoms in total. The highest BCUT2D eigenvalue weighted by Crippen LogP contribution is 2.24. The van der Waals surface area contributed by atoms with E-state index in [0.29, 0.717) is 18.3 Å². The summed E-state index contributed by atoms with van der Waals surface area (Å²) in [7, 11) is 0.